The van der Waals surface area contributed by atoms with Crippen LogP contribution in [0.15, 0.2) is 40.8 Å². The lowest BCUT2D eigenvalue weighted by Gasteiger charge is -2.17. The molecule has 1 aromatic carbocycles. The van der Waals surface area contributed by atoms with Gasteiger partial charge < -0.3 is 19.8 Å². The molecule has 0 radical (unpaired) electrons. The van der Waals surface area contributed by atoms with Crippen LogP contribution in [0.25, 0.3) is 0 Å². The minimum atomic E-state index is -0.314. The normalized spacial score (nSPS) is 24.5. The van der Waals surface area contributed by atoms with Crippen LogP contribution in [0.5, 0.6) is 0 Å². The fraction of sp³-hybridized carbons (Fsp3) is 0.476. The summed E-state index contributed by atoms with van der Waals surface area (Å²) in [5, 5.41) is 6.49. The van der Waals surface area contributed by atoms with Crippen LogP contribution >= 0.6 is 0 Å². The quantitative estimate of drug-likeness (QED) is 0.586. The Morgan fingerprint density at radius 1 is 1.29 bits per heavy atom. The van der Waals surface area contributed by atoms with E-state index < -0.39 is 0 Å². The fourth-order valence-corrected chi connectivity index (χ4v) is 3.82. The van der Waals surface area contributed by atoms with Crippen molar-refractivity contribution in [3.05, 3.63) is 53.5 Å². The van der Waals surface area contributed by atoms with Gasteiger partial charge in [-0.3, -0.25) is 10.2 Å². The molecule has 2 saturated heterocycles. The summed E-state index contributed by atoms with van der Waals surface area (Å²) in [5.41, 5.74) is 8.47. The van der Waals surface area contributed by atoms with Gasteiger partial charge in [-0.1, -0.05) is 12.1 Å². The van der Waals surface area contributed by atoms with Gasteiger partial charge in [-0.05, 0) is 49.6 Å². The summed E-state index contributed by atoms with van der Waals surface area (Å²) in [7, 11) is 0. The molecule has 0 bridgehead atoms. The second-order valence-electron chi connectivity index (χ2n) is 7.53. The Balaban J connectivity index is 1.28. The third-order valence-corrected chi connectivity index (χ3v) is 5.31. The molecule has 4 rings (SSSR count). The molecule has 3 unspecified atom stereocenters. The zero-order valence-corrected chi connectivity index (χ0v) is 16.2. The molecule has 1 aromatic heterocycles. The Bertz CT molecular complexity index is 800. The highest BCUT2D eigenvalue weighted by Gasteiger charge is 2.30. The second-order valence-corrected chi connectivity index (χ2v) is 7.53. The van der Waals surface area contributed by atoms with Crippen molar-refractivity contribution in [3.8, 4) is 0 Å². The fourth-order valence-electron chi connectivity index (χ4n) is 3.82. The zero-order chi connectivity index (χ0) is 19.3. The van der Waals surface area contributed by atoms with E-state index >= 15 is 0 Å². The van der Waals surface area contributed by atoms with Gasteiger partial charge in [0, 0.05) is 37.8 Å². The largest absolute Gasteiger partial charge is 0.465 e. The van der Waals surface area contributed by atoms with E-state index in [0.29, 0.717) is 12.5 Å². The van der Waals surface area contributed by atoms with E-state index in [-0.39, 0.29) is 18.1 Å². The van der Waals surface area contributed by atoms with Gasteiger partial charge in [-0.25, -0.2) is 5.43 Å². The molecule has 0 spiro atoms. The Hall–Kier alpha value is -2.19. The average Bonchev–Trinajstić information content (AvgIpc) is 3.43. The summed E-state index contributed by atoms with van der Waals surface area (Å²) in [5.74, 6) is 2.24. The standard InChI is InChI=1S/C21H28N4O3/c1-14-7-8-18(28-14)20-16(13-23-25-20)12-22-11-15-4-2-5-17(10-15)24-21(26)19-6-3-9-27-19/h2,4-5,7-8,10,16,19-20,22-23,25H,3,6,9,11-13H2,1H3,(H,24,26). The number of carbonyl (C=O) groups is 1. The summed E-state index contributed by atoms with van der Waals surface area (Å²) in [6.07, 6.45) is 1.43. The summed E-state index contributed by atoms with van der Waals surface area (Å²) in [4.78, 5) is 12.2. The number of nitrogens with one attached hydrogen (secondary N) is 4. The van der Waals surface area contributed by atoms with Crippen molar-refractivity contribution >= 4 is 11.6 Å². The number of carbonyl (C=O) groups excluding carboxylic acids is 1. The van der Waals surface area contributed by atoms with E-state index in [9.17, 15) is 4.79 Å². The summed E-state index contributed by atoms with van der Waals surface area (Å²) in [6.45, 7) is 5.12. The maximum atomic E-state index is 12.2. The molecule has 150 valence electrons. The van der Waals surface area contributed by atoms with Crippen molar-refractivity contribution in [2.24, 2.45) is 5.92 Å². The number of hydrogen-bond donors (Lipinski definition) is 4. The van der Waals surface area contributed by atoms with E-state index in [4.69, 9.17) is 9.15 Å². The molecule has 2 aliphatic heterocycles. The number of benzene rings is 1. The Kier molecular flexibility index (Phi) is 6.07. The van der Waals surface area contributed by atoms with Crippen molar-refractivity contribution in [3.63, 3.8) is 0 Å². The van der Waals surface area contributed by atoms with Gasteiger partial charge in [0.05, 0.1) is 6.04 Å². The Morgan fingerprint density at radius 3 is 3.00 bits per heavy atom. The molecule has 2 aliphatic rings. The number of ether oxygens (including phenoxy) is 1. The molecule has 0 saturated carbocycles. The van der Waals surface area contributed by atoms with E-state index in [1.807, 2.05) is 37.3 Å². The number of amides is 1. The molecule has 2 fully saturated rings. The van der Waals surface area contributed by atoms with Gasteiger partial charge in [0.25, 0.3) is 5.91 Å². The van der Waals surface area contributed by atoms with Gasteiger partial charge in [-0.2, -0.15) is 0 Å². The first kappa shape index (κ1) is 19.1. The molecule has 1 amide bonds. The number of hydrogen-bond acceptors (Lipinski definition) is 6. The minimum Gasteiger partial charge on any atom is -0.465 e. The summed E-state index contributed by atoms with van der Waals surface area (Å²) in [6, 6.07) is 12.2. The molecule has 2 aromatic rings. The van der Waals surface area contributed by atoms with Gasteiger partial charge in [0.2, 0.25) is 0 Å². The van der Waals surface area contributed by atoms with Crippen molar-refractivity contribution in [2.45, 2.75) is 38.5 Å². The number of anilines is 1. The predicted octanol–water partition coefficient (Wildman–Crippen LogP) is 2.26. The Morgan fingerprint density at radius 2 is 2.21 bits per heavy atom. The average molecular weight is 384 g/mol. The smallest absolute Gasteiger partial charge is 0.253 e. The van der Waals surface area contributed by atoms with E-state index in [2.05, 4.69) is 27.6 Å². The van der Waals surface area contributed by atoms with Crippen molar-refractivity contribution < 1.29 is 13.9 Å². The lowest BCUT2D eigenvalue weighted by atomic mass is 10.00. The lowest BCUT2D eigenvalue weighted by Crippen LogP contribution is -2.28. The number of hydrazine groups is 1. The Labute approximate surface area is 165 Å². The van der Waals surface area contributed by atoms with Crippen LogP contribution in [0.1, 0.15) is 36.0 Å². The van der Waals surface area contributed by atoms with Crippen LogP contribution in [0.3, 0.4) is 0 Å². The van der Waals surface area contributed by atoms with Crippen LogP contribution in [0.4, 0.5) is 5.69 Å². The van der Waals surface area contributed by atoms with Gasteiger partial charge in [-0.15, -0.1) is 0 Å². The van der Waals surface area contributed by atoms with E-state index in [1.54, 1.807) is 0 Å². The summed E-state index contributed by atoms with van der Waals surface area (Å²) >= 11 is 0. The topological polar surface area (TPSA) is 87.6 Å². The van der Waals surface area contributed by atoms with Crippen LogP contribution < -0.4 is 21.5 Å². The van der Waals surface area contributed by atoms with Crippen molar-refractivity contribution in [1.29, 1.82) is 0 Å². The van der Waals surface area contributed by atoms with Crippen molar-refractivity contribution in [2.75, 3.05) is 25.0 Å². The number of aryl methyl sites for hydroxylation is 1. The van der Waals surface area contributed by atoms with Crippen LogP contribution in [-0.4, -0.2) is 31.7 Å². The van der Waals surface area contributed by atoms with Gasteiger partial charge in [0.1, 0.15) is 17.6 Å². The first-order valence-corrected chi connectivity index (χ1v) is 9.96. The SMILES string of the molecule is Cc1ccc(C2NNCC2CNCc2cccc(NC(=O)C3CCCO3)c2)o1. The molecule has 4 N–H and O–H groups in total. The third-order valence-electron chi connectivity index (χ3n) is 5.31. The maximum Gasteiger partial charge on any atom is 0.253 e. The van der Waals surface area contributed by atoms with Crippen molar-refractivity contribution in [1.82, 2.24) is 16.2 Å². The monoisotopic (exact) mass is 384 g/mol. The molecule has 0 aliphatic carbocycles. The third kappa shape index (κ3) is 4.62. The minimum absolute atomic E-state index is 0.0534. The molecular formula is C21H28N4O3. The second kappa shape index (κ2) is 8.87. The molecule has 7 nitrogen and oxygen atoms in total. The number of furan rings is 1. The molecule has 3 atom stereocenters. The molecule has 7 heteroatoms. The van der Waals surface area contributed by atoms with Gasteiger partial charge in [0.15, 0.2) is 0 Å². The van der Waals surface area contributed by atoms with E-state index in [1.165, 1.54) is 0 Å². The molecule has 28 heavy (non-hydrogen) atoms. The highest BCUT2D eigenvalue weighted by Crippen LogP contribution is 2.26. The maximum absolute atomic E-state index is 12.2. The van der Waals surface area contributed by atoms with Crippen LogP contribution in [0.2, 0.25) is 0 Å². The molecular weight excluding hydrogens is 356 g/mol. The highest BCUT2D eigenvalue weighted by atomic mass is 16.5. The van der Waals surface area contributed by atoms with Gasteiger partial charge >= 0.3 is 0 Å². The number of rotatable bonds is 7. The predicted molar refractivity (Wildman–Crippen MR) is 107 cm³/mol. The lowest BCUT2D eigenvalue weighted by molar-refractivity contribution is -0.124. The van der Waals surface area contributed by atoms with Crippen LogP contribution in [0, 0.1) is 12.8 Å². The highest BCUT2D eigenvalue weighted by molar-refractivity contribution is 5.94. The summed E-state index contributed by atoms with van der Waals surface area (Å²) < 4.78 is 11.2. The molecule has 3 heterocycles. The van der Waals surface area contributed by atoms with E-state index in [0.717, 1.165) is 55.2 Å². The first-order chi connectivity index (χ1) is 13.7. The first-order valence-electron chi connectivity index (χ1n) is 9.96. The zero-order valence-electron chi connectivity index (χ0n) is 16.2. The van der Waals surface area contributed by atoms with Crippen LogP contribution in [-0.2, 0) is 16.1 Å².